The molecule has 1 aromatic carbocycles. The Morgan fingerprint density at radius 2 is 1.91 bits per heavy atom. The molecule has 5 heteroatoms. The van der Waals surface area contributed by atoms with E-state index in [1.165, 1.54) is 11.3 Å². The topological polar surface area (TPSA) is 51.5 Å². The van der Waals surface area contributed by atoms with Crippen LogP contribution in [0.2, 0.25) is 0 Å². The first-order chi connectivity index (χ1) is 15.6. The highest BCUT2D eigenvalue weighted by Crippen LogP contribution is 2.32. The van der Waals surface area contributed by atoms with Crippen LogP contribution in [0.1, 0.15) is 31.0 Å². The maximum atomic E-state index is 6.19. The monoisotopic (exact) mass is 425 g/mol. The number of pyridine rings is 1. The van der Waals surface area contributed by atoms with Crippen molar-refractivity contribution in [1.82, 2.24) is 18.9 Å². The zero-order chi connectivity index (χ0) is 22.2. The Labute approximate surface area is 189 Å². The van der Waals surface area contributed by atoms with Gasteiger partial charge in [-0.2, -0.15) is 0 Å². The number of aryl methyl sites for hydroxylation is 1. The second kappa shape index (κ2) is 8.32. The standard InChI is InChI=1S/C27H31N5/c1-4-31-24(21-9-6-5-7-10-21)12-13-25(31)27-20(3)32-16-14-22(17-26(32)29-27)19(2)30-15-8-11-23(28)18-30/h5-7,9-10,12-14,16-17,23H,2,4,8,11,15,18,28H2,1,3H3. The van der Waals surface area contributed by atoms with Crippen molar-refractivity contribution in [2.45, 2.75) is 39.3 Å². The number of benzene rings is 1. The summed E-state index contributed by atoms with van der Waals surface area (Å²) in [5.41, 5.74) is 15.0. The molecule has 0 saturated carbocycles. The molecule has 1 unspecified atom stereocenters. The van der Waals surface area contributed by atoms with Gasteiger partial charge in [0.1, 0.15) is 11.3 Å². The second-order valence-electron chi connectivity index (χ2n) is 8.70. The minimum atomic E-state index is 0.227. The smallest absolute Gasteiger partial charge is 0.138 e. The molecule has 5 nitrogen and oxygen atoms in total. The van der Waals surface area contributed by atoms with E-state index in [0.717, 1.165) is 66.5 Å². The van der Waals surface area contributed by atoms with Crippen molar-refractivity contribution in [2.24, 2.45) is 5.73 Å². The zero-order valence-corrected chi connectivity index (χ0v) is 19.0. The van der Waals surface area contributed by atoms with Gasteiger partial charge in [-0.05, 0) is 56.5 Å². The zero-order valence-electron chi connectivity index (χ0n) is 19.0. The predicted molar refractivity (Wildman–Crippen MR) is 132 cm³/mol. The van der Waals surface area contributed by atoms with E-state index in [1.807, 2.05) is 0 Å². The molecule has 0 amide bonds. The van der Waals surface area contributed by atoms with Crippen molar-refractivity contribution in [3.8, 4) is 22.6 Å². The number of piperidine rings is 1. The molecule has 2 N–H and O–H groups in total. The van der Waals surface area contributed by atoms with Gasteiger partial charge in [0, 0.05) is 54.5 Å². The number of aromatic nitrogens is 3. The van der Waals surface area contributed by atoms with Crippen LogP contribution >= 0.6 is 0 Å². The average Bonchev–Trinajstić information content (AvgIpc) is 3.39. The maximum absolute atomic E-state index is 6.19. The van der Waals surface area contributed by atoms with E-state index in [0.29, 0.717) is 0 Å². The predicted octanol–water partition coefficient (Wildman–Crippen LogP) is 5.19. The van der Waals surface area contributed by atoms with Crippen LogP contribution in [-0.2, 0) is 6.54 Å². The average molecular weight is 426 g/mol. The Hall–Kier alpha value is -3.31. The normalized spacial score (nSPS) is 16.6. The molecule has 164 valence electrons. The van der Waals surface area contributed by atoms with Crippen molar-refractivity contribution >= 4 is 11.3 Å². The molecule has 1 aliphatic rings. The summed E-state index contributed by atoms with van der Waals surface area (Å²) in [7, 11) is 0. The fourth-order valence-electron chi connectivity index (χ4n) is 4.90. The number of hydrogen-bond donors (Lipinski definition) is 1. The molecule has 4 aromatic rings. The second-order valence-corrected chi connectivity index (χ2v) is 8.70. The van der Waals surface area contributed by atoms with E-state index >= 15 is 0 Å². The van der Waals surface area contributed by atoms with Crippen LogP contribution in [0.15, 0.2) is 67.4 Å². The molecule has 0 radical (unpaired) electrons. The molecule has 0 bridgehead atoms. The van der Waals surface area contributed by atoms with Gasteiger partial charge in [-0.25, -0.2) is 4.98 Å². The highest BCUT2D eigenvalue weighted by Gasteiger charge is 2.20. The van der Waals surface area contributed by atoms with Crippen molar-refractivity contribution in [1.29, 1.82) is 0 Å². The number of imidazole rings is 1. The van der Waals surface area contributed by atoms with Gasteiger partial charge in [-0.15, -0.1) is 0 Å². The molecule has 1 fully saturated rings. The number of likely N-dealkylation sites (tertiary alicyclic amines) is 1. The highest BCUT2D eigenvalue weighted by molar-refractivity contribution is 5.72. The molecule has 5 rings (SSSR count). The Bertz CT molecular complexity index is 1260. The third-order valence-corrected chi connectivity index (χ3v) is 6.65. The Balaban J connectivity index is 1.53. The fraction of sp³-hybridized carbons (Fsp3) is 0.296. The number of fused-ring (bicyclic) bond motifs is 1. The number of hydrogen-bond acceptors (Lipinski definition) is 3. The first kappa shape index (κ1) is 20.6. The lowest BCUT2D eigenvalue weighted by Gasteiger charge is -2.34. The first-order valence-corrected chi connectivity index (χ1v) is 11.5. The lowest BCUT2D eigenvalue weighted by molar-refractivity contribution is 0.296. The molecule has 3 aromatic heterocycles. The van der Waals surface area contributed by atoms with Crippen LogP contribution in [0.5, 0.6) is 0 Å². The Kier molecular flexibility index (Phi) is 5.35. The molecule has 32 heavy (non-hydrogen) atoms. The van der Waals surface area contributed by atoms with Crippen LogP contribution in [0.4, 0.5) is 0 Å². The van der Waals surface area contributed by atoms with E-state index < -0.39 is 0 Å². The summed E-state index contributed by atoms with van der Waals surface area (Å²) in [6.07, 6.45) is 4.32. The minimum Gasteiger partial charge on any atom is -0.370 e. The van der Waals surface area contributed by atoms with Gasteiger partial charge < -0.3 is 19.6 Å². The summed E-state index contributed by atoms with van der Waals surface area (Å²) in [5, 5.41) is 0. The van der Waals surface area contributed by atoms with Crippen molar-refractivity contribution in [3.63, 3.8) is 0 Å². The van der Waals surface area contributed by atoms with Gasteiger partial charge >= 0.3 is 0 Å². The molecule has 1 aliphatic heterocycles. The summed E-state index contributed by atoms with van der Waals surface area (Å²) in [6, 6.07) is 19.4. The van der Waals surface area contributed by atoms with Crippen LogP contribution in [-0.4, -0.2) is 38.0 Å². The lowest BCUT2D eigenvalue weighted by Crippen LogP contribution is -2.41. The van der Waals surface area contributed by atoms with Crippen LogP contribution in [0.25, 0.3) is 34.0 Å². The SMILES string of the molecule is C=C(c1ccn2c(C)c(-c3ccc(-c4ccccc4)n3CC)nc2c1)N1CCCC(N)C1. The first-order valence-electron chi connectivity index (χ1n) is 11.5. The van der Waals surface area contributed by atoms with E-state index in [9.17, 15) is 0 Å². The van der Waals surface area contributed by atoms with Gasteiger partial charge in [0.05, 0.1) is 5.69 Å². The van der Waals surface area contributed by atoms with E-state index in [2.05, 4.69) is 95.1 Å². The summed E-state index contributed by atoms with van der Waals surface area (Å²) in [6.45, 7) is 11.5. The molecule has 4 heterocycles. The number of nitrogens with two attached hydrogens (primary N) is 1. The van der Waals surface area contributed by atoms with Crippen molar-refractivity contribution < 1.29 is 0 Å². The largest absolute Gasteiger partial charge is 0.370 e. The molecule has 1 saturated heterocycles. The Morgan fingerprint density at radius 3 is 2.66 bits per heavy atom. The fourth-order valence-corrected chi connectivity index (χ4v) is 4.90. The van der Waals surface area contributed by atoms with Gasteiger partial charge in [-0.3, -0.25) is 0 Å². The quantitative estimate of drug-likeness (QED) is 0.479. The summed E-state index contributed by atoms with van der Waals surface area (Å²) in [4.78, 5) is 7.37. The van der Waals surface area contributed by atoms with E-state index in [-0.39, 0.29) is 6.04 Å². The number of nitrogens with zero attached hydrogens (tertiary/aromatic N) is 4. The van der Waals surface area contributed by atoms with Crippen molar-refractivity contribution in [2.75, 3.05) is 13.1 Å². The van der Waals surface area contributed by atoms with Crippen molar-refractivity contribution in [3.05, 3.63) is 78.6 Å². The van der Waals surface area contributed by atoms with E-state index in [4.69, 9.17) is 10.7 Å². The summed E-state index contributed by atoms with van der Waals surface area (Å²) < 4.78 is 4.52. The van der Waals surface area contributed by atoms with Gasteiger partial charge in [-0.1, -0.05) is 36.9 Å². The maximum Gasteiger partial charge on any atom is 0.138 e. The molecule has 0 spiro atoms. The third-order valence-electron chi connectivity index (χ3n) is 6.65. The van der Waals surface area contributed by atoms with Crippen LogP contribution in [0, 0.1) is 6.92 Å². The molecule has 0 aliphatic carbocycles. The summed E-state index contributed by atoms with van der Waals surface area (Å²) in [5.74, 6) is 0. The summed E-state index contributed by atoms with van der Waals surface area (Å²) >= 11 is 0. The molecular weight excluding hydrogens is 394 g/mol. The Morgan fingerprint density at radius 1 is 1.12 bits per heavy atom. The van der Waals surface area contributed by atoms with E-state index in [1.54, 1.807) is 0 Å². The van der Waals surface area contributed by atoms with Crippen LogP contribution in [0.3, 0.4) is 0 Å². The molecular formula is C27H31N5. The van der Waals surface area contributed by atoms with Crippen LogP contribution < -0.4 is 5.73 Å². The van der Waals surface area contributed by atoms with Gasteiger partial charge in [0.2, 0.25) is 0 Å². The van der Waals surface area contributed by atoms with Gasteiger partial charge in [0.15, 0.2) is 0 Å². The van der Waals surface area contributed by atoms with Gasteiger partial charge in [0.25, 0.3) is 0 Å². The highest BCUT2D eigenvalue weighted by atomic mass is 15.2. The minimum absolute atomic E-state index is 0.227. The number of rotatable bonds is 5. The lowest BCUT2D eigenvalue weighted by atomic mass is 10.0. The third kappa shape index (κ3) is 3.53. The molecule has 1 atom stereocenters.